The standard InChI is InChI=1S/C15H23N3O3/c1-17-5-7-18(8-6-17)16-11-12-9-13(19-2)15(21-4)14(10-12)20-3/h9-11H,5-8H2,1-4H3/b16-11-. The third-order valence-corrected chi connectivity index (χ3v) is 3.54. The molecule has 6 nitrogen and oxygen atoms in total. The maximum atomic E-state index is 5.34. The summed E-state index contributed by atoms with van der Waals surface area (Å²) in [5.74, 6) is 1.87. The largest absolute Gasteiger partial charge is 0.493 e. The van der Waals surface area contributed by atoms with Crippen molar-refractivity contribution in [3.05, 3.63) is 17.7 Å². The molecular weight excluding hydrogens is 270 g/mol. The van der Waals surface area contributed by atoms with Crippen molar-refractivity contribution in [1.82, 2.24) is 9.91 Å². The highest BCUT2D eigenvalue weighted by Gasteiger charge is 2.13. The minimum atomic E-state index is 0.594. The highest BCUT2D eigenvalue weighted by atomic mass is 16.5. The second-order valence-corrected chi connectivity index (χ2v) is 4.96. The molecule has 0 saturated carbocycles. The molecule has 0 atom stereocenters. The van der Waals surface area contributed by atoms with E-state index in [1.807, 2.05) is 18.3 Å². The van der Waals surface area contributed by atoms with E-state index in [9.17, 15) is 0 Å². The van der Waals surface area contributed by atoms with E-state index >= 15 is 0 Å². The fourth-order valence-corrected chi connectivity index (χ4v) is 2.24. The number of hydrogen-bond donors (Lipinski definition) is 0. The Labute approximate surface area is 125 Å². The van der Waals surface area contributed by atoms with Gasteiger partial charge in [-0.2, -0.15) is 5.10 Å². The van der Waals surface area contributed by atoms with Crippen molar-refractivity contribution in [1.29, 1.82) is 0 Å². The normalized spacial score (nSPS) is 16.3. The van der Waals surface area contributed by atoms with Gasteiger partial charge >= 0.3 is 0 Å². The van der Waals surface area contributed by atoms with Crippen LogP contribution in [0.2, 0.25) is 0 Å². The van der Waals surface area contributed by atoms with Gasteiger partial charge in [-0.25, -0.2) is 0 Å². The molecule has 0 bridgehead atoms. The molecule has 1 aromatic rings. The lowest BCUT2D eigenvalue weighted by molar-refractivity contribution is 0.159. The molecule has 1 saturated heterocycles. The van der Waals surface area contributed by atoms with Crippen LogP contribution >= 0.6 is 0 Å². The molecule has 2 rings (SSSR count). The monoisotopic (exact) mass is 293 g/mol. The molecule has 1 aliphatic heterocycles. The molecule has 0 aliphatic carbocycles. The molecule has 1 heterocycles. The first-order valence-electron chi connectivity index (χ1n) is 6.95. The summed E-state index contributed by atoms with van der Waals surface area (Å²) in [5.41, 5.74) is 0.920. The molecule has 21 heavy (non-hydrogen) atoms. The van der Waals surface area contributed by atoms with Gasteiger partial charge in [-0.3, -0.25) is 5.01 Å². The maximum Gasteiger partial charge on any atom is 0.203 e. The van der Waals surface area contributed by atoms with E-state index in [1.165, 1.54) is 0 Å². The van der Waals surface area contributed by atoms with Gasteiger partial charge < -0.3 is 19.1 Å². The van der Waals surface area contributed by atoms with E-state index in [0.29, 0.717) is 17.2 Å². The Balaban J connectivity index is 2.16. The topological polar surface area (TPSA) is 46.5 Å². The summed E-state index contributed by atoms with van der Waals surface area (Å²) in [6, 6.07) is 3.78. The van der Waals surface area contributed by atoms with E-state index < -0.39 is 0 Å². The van der Waals surface area contributed by atoms with Gasteiger partial charge in [0.05, 0.1) is 27.5 Å². The second kappa shape index (κ2) is 7.17. The molecule has 0 spiro atoms. The van der Waals surface area contributed by atoms with Crippen molar-refractivity contribution in [2.45, 2.75) is 0 Å². The Bertz CT molecular complexity index is 472. The zero-order valence-electron chi connectivity index (χ0n) is 13.1. The van der Waals surface area contributed by atoms with E-state index in [0.717, 1.165) is 31.7 Å². The molecule has 6 heteroatoms. The van der Waals surface area contributed by atoms with Crippen LogP contribution in [0.3, 0.4) is 0 Å². The number of benzene rings is 1. The predicted octanol–water partition coefficient (Wildman–Crippen LogP) is 1.29. The summed E-state index contributed by atoms with van der Waals surface area (Å²) in [4.78, 5) is 2.30. The first-order valence-corrected chi connectivity index (χ1v) is 6.95. The van der Waals surface area contributed by atoms with E-state index in [4.69, 9.17) is 14.2 Å². The first kappa shape index (κ1) is 15.4. The van der Waals surface area contributed by atoms with Gasteiger partial charge in [0.25, 0.3) is 0 Å². The summed E-state index contributed by atoms with van der Waals surface area (Å²) in [7, 11) is 6.94. The zero-order valence-corrected chi connectivity index (χ0v) is 13.1. The number of hydrazone groups is 1. The third kappa shape index (κ3) is 3.78. The van der Waals surface area contributed by atoms with Crippen molar-refractivity contribution < 1.29 is 14.2 Å². The Morgan fingerprint density at radius 1 is 0.952 bits per heavy atom. The fraction of sp³-hybridized carbons (Fsp3) is 0.533. The molecule has 1 aromatic carbocycles. The average molecular weight is 293 g/mol. The van der Waals surface area contributed by atoms with Crippen LogP contribution in [0, 0.1) is 0 Å². The summed E-state index contributed by atoms with van der Waals surface area (Å²) < 4.78 is 16.0. The minimum Gasteiger partial charge on any atom is -0.493 e. The van der Waals surface area contributed by atoms with E-state index in [1.54, 1.807) is 21.3 Å². The average Bonchev–Trinajstić information content (AvgIpc) is 2.53. The van der Waals surface area contributed by atoms with Crippen molar-refractivity contribution in [3.8, 4) is 17.2 Å². The molecule has 116 valence electrons. The first-order chi connectivity index (χ1) is 10.2. The number of rotatable bonds is 5. The van der Waals surface area contributed by atoms with E-state index in [2.05, 4.69) is 22.1 Å². The van der Waals surface area contributed by atoms with Crippen molar-refractivity contribution in [3.63, 3.8) is 0 Å². The van der Waals surface area contributed by atoms with Crippen LogP contribution in [-0.4, -0.2) is 70.7 Å². The summed E-state index contributed by atoms with van der Waals surface area (Å²) in [6.07, 6.45) is 1.83. The lowest BCUT2D eigenvalue weighted by Crippen LogP contribution is -2.41. The molecule has 0 amide bonds. The van der Waals surface area contributed by atoms with Crippen LogP contribution in [0.25, 0.3) is 0 Å². The molecule has 0 aromatic heterocycles. The summed E-state index contributed by atoms with van der Waals surface area (Å²) in [5, 5.41) is 6.60. The molecule has 0 radical (unpaired) electrons. The molecular formula is C15H23N3O3. The third-order valence-electron chi connectivity index (χ3n) is 3.54. The summed E-state index contributed by atoms with van der Waals surface area (Å²) in [6.45, 7) is 3.95. The van der Waals surface area contributed by atoms with Crippen molar-refractivity contribution in [2.24, 2.45) is 5.10 Å². The summed E-state index contributed by atoms with van der Waals surface area (Å²) >= 11 is 0. The van der Waals surface area contributed by atoms with Gasteiger partial charge in [0.15, 0.2) is 11.5 Å². The van der Waals surface area contributed by atoms with Crippen LogP contribution in [0.5, 0.6) is 17.2 Å². The maximum absolute atomic E-state index is 5.34. The van der Waals surface area contributed by atoms with Crippen LogP contribution < -0.4 is 14.2 Å². The smallest absolute Gasteiger partial charge is 0.203 e. The Hall–Kier alpha value is -1.95. The number of methoxy groups -OCH3 is 3. The number of ether oxygens (including phenoxy) is 3. The van der Waals surface area contributed by atoms with Gasteiger partial charge in [0.1, 0.15) is 0 Å². The van der Waals surface area contributed by atoms with Crippen LogP contribution in [0.1, 0.15) is 5.56 Å². The van der Waals surface area contributed by atoms with Gasteiger partial charge in [0, 0.05) is 31.7 Å². The minimum absolute atomic E-state index is 0.594. The molecule has 1 fully saturated rings. The lowest BCUT2D eigenvalue weighted by atomic mass is 10.2. The van der Waals surface area contributed by atoms with Gasteiger partial charge in [-0.1, -0.05) is 0 Å². The van der Waals surface area contributed by atoms with Crippen molar-refractivity contribution >= 4 is 6.21 Å². The second-order valence-electron chi connectivity index (χ2n) is 4.96. The fourth-order valence-electron chi connectivity index (χ4n) is 2.24. The lowest BCUT2D eigenvalue weighted by Gasteiger charge is -2.30. The van der Waals surface area contributed by atoms with Gasteiger partial charge in [-0.15, -0.1) is 0 Å². The quantitative estimate of drug-likeness (QED) is 0.766. The van der Waals surface area contributed by atoms with Crippen LogP contribution in [0.15, 0.2) is 17.2 Å². The number of likely N-dealkylation sites (N-methyl/N-ethyl adjacent to an activating group) is 1. The highest BCUT2D eigenvalue weighted by Crippen LogP contribution is 2.37. The Morgan fingerprint density at radius 3 is 2.00 bits per heavy atom. The van der Waals surface area contributed by atoms with Gasteiger partial charge in [-0.05, 0) is 19.2 Å². The zero-order chi connectivity index (χ0) is 15.2. The number of hydrogen-bond acceptors (Lipinski definition) is 6. The van der Waals surface area contributed by atoms with Gasteiger partial charge in [0.2, 0.25) is 5.75 Å². The van der Waals surface area contributed by atoms with Crippen molar-refractivity contribution in [2.75, 3.05) is 54.6 Å². The Kier molecular flexibility index (Phi) is 5.27. The molecule has 0 unspecified atom stereocenters. The predicted molar refractivity (Wildman–Crippen MR) is 82.8 cm³/mol. The highest BCUT2D eigenvalue weighted by molar-refractivity contribution is 5.82. The molecule has 1 aliphatic rings. The molecule has 0 N–H and O–H groups in total. The van der Waals surface area contributed by atoms with Crippen LogP contribution in [-0.2, 0) is 0 Å². The Morgan fingerprint density at radius 2 is 1.52 bits per heavy atom. The SMILES string of the molecule is COc1cc(/C=N\N2CCN(C)CC2)cc(OC)c1OC. The number of piperazine rings is 1. The number of nitrogens with zero attached hydrogens (tertiary/aromatic N) is 3. The van der Waals surface area contributed by atoms with Crippen LogP contribution in [0.4, 0.5) is 0 Å². The van der Waals surface area contributed by atoms with E-state index in [-0.39, 0.29) is 0 Å².